The van der Waals surface area contributed by atoms with Gasteiger partial charge in [0.1, 0.15) is 0 Å². The Morgan fingerprint density at radius 1 is 0.900 bits per heavy atom. The van der Waals surface area contributed by atoms with E-state index in [-0.39, 0.29) is 0 Å². The summed E-state index contributed by atoms with van der Waals surface area (Å²) in [4.78, 5) is 0. The maximum Gasteiger partial charge on any atom is 0.00127 e. The van der Waals surface area contributed by atoms with E-state index < -0.39 is 0 Å². The molecule has 2 unspecified atom stereocenters. The lowest BCUT2D eigenvalue weighted by Gasteiger charge is -2.24. The third kappa shape index (κ3) is 1.43. The van der Waals surface area contributed by atoms with Crippen molar-refractivity contribution in [2.24, 2.45) is 11.8 Å². The predicted octanol–water partition coefficient (Wildman–Crippen LogP) is 2.09. The molecule has 2 nitrogen and oxygen atoms in total. The minimum absolute atomic E-state index is 0.367. The van der Waals surface area contributed by atoms with Crippen LogP contribution in [0, 0.1) is 22.7 Å². The van der Waals surface area contributed by atoms with Crippen LogP contribution < -0.4 is 0 Å². The van der Waals surface area contributed by atoms with E-state index in [0.717, 1.165) is 12.8 Å². The number of hydrogen-bond acceptors (Lipinski definition) is 2. The van der Waals surface area contributed by atoms with E-state index in [0.29, 0.717) is 11.8 Å². The molecular weight excluding hydrogens is 124 g/mol. The molecule has 1 saturated carbocycles. The van der Waals surface area contributed by atoms with Crippen molar-refractivity contribution in [1.29, 1.82) is 10.8 Å². The van der Waals surface area contributed by atoms with Crippen molar-refractivity contribution in [3.63, 3.8) is 0 Å². The second-order valence-corrected chi connectivity index (χ2v) is 2.95. The second-order valence-electron chi connectivity index (χ2n) is 2.95. The predicted molar refractivity (Wildman–Crippen MR) is 43.0 cm³/mol. The van der Waals surface area contributed by atoms with Crippen molar-refractivity contribution in [3.8, 4) is 0 Å². The third-order valence-corrected chi connectivity index (χ3v) is 2.30. The highest BCUT2D eigenvalue weighted by Crippen LogP contribution is 2.26. The first-order chi connectivity index (χ1) is 4.88. The van der Waals surface area contributed by atoms with Crippen LogP contribution in [0.2, 0.25) is 0 Å². The zero-order valence-corrected chi connectivity index (χ0v) is 6.14. The van der Waals surface area contributed by atoms with Gasteiger partial charge in [0.15, 0.2) is 0 Å². The first-order valence-electron chi connectivity index (χ1n) is 3.89. The van der Waals surface area contributed by atoms with Gasteiger partial charge in [0, 0.05) is 11.8 Å². The van der Waals surface area contributed by atoms with Crippen LogP contribution in [-0.2, 0) is 0 Å². The highest BCUT2D eigenvalue weighted by Gasteiger charge is 2.20. The largest absolute Gasteiger partial charge is 0.313 e. The van der Waals surface area contributed by atoms with E-state index in [2.05, 4.69) is 0 Å². The van der Waals surface area contributed by atoms with Gasteiger partial charge in [-0.3, -0.25) is 0 Å². The van der Waals surface area contributed by atoms with Gasteiger partial charge in [0.05, 0.1) is 0 Å². The molecule has 0 amide bonds. The Bertz CT molecular complexity index is 115. The van der Waals surface area contributed by atoms with Crippen LogP contribution in [0.3, 0.4) is 0 Å². The Labute approximate surface area is 61.7 Å². The monoisotopic (exact) mass is 138 g/mol. The average molecular weight is 138 g/mol. The van der Waals surface area contributed by atoms with Crippen LogP contribution in [0.4, 0.5) is 0 Å². The molecule has 0 aromatic heterocycles. The fraction of sp³-hybridized carbons (Fsp3) is 0.750. The number of rotatable bonds is 2. The van der Waals surface area contributed by atoms with Gasteiger partial charge in [-0.25, -0.2) is 0 Å². The topological polar surface area (TPSA) is 47.7 Å². The van der Waals surface area contributed by atoms with Crippen molar-refractivity contribution < 1.29 is 0 Å². The molecule has 1 fully saturated rings. The lowest BCUT2D eigenvalue weighted by molar-refractivity contribution is 0.384. The van der Waals surface area contributed by atoms with E-state index >= 15 is 0 Å². The summed E-state index contributed by atoms with van der Waals surface area (Å²) in [6.07, 6.45) is 7.73. The van der Waals surface area contributed by atoms with Crippen molar-refractivity contribution in [2.45, 2.75) is 25.7 Å². The van der Waals surface area contributed by atoms with E-state index in [1.165, 1.54) is 25.3 Å². The van der Waals surface area contributed by atoms with Crippen molar-refractivity contribution in [3.05, 3.63) is 0 Å². The minimum Gasteiger partial charge on any atom is -0.313 e. The van der Waals surface area contributed by atoms with Gasteiger partial charge in [0.2, 0.25) is 0 Å². The van der Waals surface area contributed by atoms with Gasteiger partial charge in [-0.2, -0.15) is 0 Å². The smallest absolute Gasteiger partial charge is 0.00127 e. The minimum atomic E-state index is 0.367. The molecule has 2 heteroatoms. The molecule has 1 aliphatic rings. The maximum absolute atomic E-state index is 7.10. The quantitative estimate of drug-likeness (QED) is 0.549. The summed E-state index contributed by atoms with van der Waals surface area (Å²) in [7, 11) is 0. The van der Waals surface area contributed by atoms with Crippen molar-refractivity contribution >= 4 is 12.4 Å². The molecule has 0 bridgehead atoms. The van der Waals surface area contributed by atoms with Crippen LogP contribution in [0.1, 0.15) is 25.7 Å². The molecule has 56 valence electrons. The van der Waals surface area contributed by atoms with Crippen molar-refractivity contribution in [1.82, 2.24) is 0 Å². The molecule has 0 aromatic rings. The molecule has 0 aromatic carbocycles. The van der Waals surface area contributed by atoms with E-state index in [4.69, 9.17) is 10.8 Å². The van der Waals surface area contributed by atoms with Gasteiger partial charge in [-0.1, -0.05) is 12.8 Å². The molecule has 0 radical (unpaired) electrons. The Kier molecular flexibility index (Phi) is 2.60. The summed E-state index contributed by atoms with van der Waals surface area (Å²) in [6, 6.07) is 0. The third-order valence-electron chi connectivity index (χ3n) is 2.30. The van der Waals surface area contributed by atoms with Gasteiger partial charge in [0.25, 0.3) is 0 Å². The second kappa shape index (κ2) is 3.49. The van der Waals surface area contributed by atoms with Crippen LogP contribution in [0.5, 0.6) is 0 Å². The fourth-order valence-corrected chi connectivity index (χ4v) is 1.60. The maximum atomic E-state index is 7.10. The standard InChI is InChI=1S/C8H14N2/c9-5-7-3-1-2-4-8(7)6-10/h5-10H,1-4H2. The van der Waals surface area contributed by atoms with Crippen LogP contribution in [-0.4, -0.2) is 12.4 Å². The number of nitrogens with one attached hydrogen (secondary N) is 2. The molecule has 2 atom stereocenters. The summed E-state index contributed by atoms with van der Waals surface area (Å²) in [5, 5.41) is 14.2. The molecule has 1 rings (SSSR count). The van der Waals surface area contributed by atoms with E-state index in [9.17, 15) is 0 Å². The summed E-state index contributed by atoms with van der Waals surface area (Å²) in [6.45, 7) is 0. The Hall–Kier alpha value is -0.660. The fourth-order valence-electron chi connectivity index (χ4n) is 1.60. The highest BCUT2D eigenvalue weighted by molar-refractivity contribution is 5.67. The van der Waals surface area contributed by atoms with E-state index in [1.54, 1.807) is 0 Å². The Morgan fingerprint density at radius 3 is 1.60 bits per heavy atom. The van der Waals surface area contributed by atoms with Gasteiger partial charge >= 0.3 is 0 Å². The van der Waals surface area contributed by atoms with Gasteiger partial charge < -0.3 is 10.8 Å². The molecular formula is C8H14N2. The summed E-state index contributed by atoms with van der Waals surface area (Å²) < 4.78 is 0. The lowest BCUT2D eigenvalue weighted by atomic mass is 9.81. The van der Waals surface area contributed by atoms with Crippen LogP contribution in [0.25, 0.3) is 0 Å². The zero-order chi connectivity index (χ0) is 7.40. The molecule has 2 N–H and O–H groups in total. The molecule has 1 aliphatic carbocycles. The number of hydrogen-bond donors (Lipinski definition) is 2. The van der Waals surface area contributed by atoms with E-state index in [1.807, 2.05) is 0 Å². The van der Waals surface area contributed by atoms with Gasteiger partial charge in [-0.15, -0.1) is 0 Å². The molecule has 0 saturated heterocycles. The Balaban J connectivity index is 2.49. The molecule has 0 aliphatic heterocycles. The molecule has 10 heavy (non-hydrogen) atoms. The average Bonchev–Trinajstić information content (AvgIpc) is 2.04. The summed E-state index contributed by atoms with van der Waals surface area (Å²) >= 11 is 0. The Morgan fingerprint density at radius 2 is 1.30 bits per heavy atom. The van der Waals surface area contributed by atoms with Gasteiger partial charge in [-0.05, 0) is 25.3 Å². The normalized spacial score (nSPS) is 33.2. The SMILES string of the molecule is N=CC1CCCCC1C=N. The van der Waals surface area contributed by atoms with Crippen LogP contribution in [0.15, 0.2) is 0 Å². The zero-order valence-electron chi connectivity index (χ0n) is 6.14. The molecule has 0 spiro atoms. The highest BCUT2D eigenvalue weighted by atomic mass is 14.4. The summed E-state index contributed by atoms with van der Waals surface area (Å²) in [5.41, 5.74) is 0. The van der Waals surface area contributed by atoms with Crippen molar-refractivity contribution in [2.75, 3.05) is 0 Å². The lowest BCUT2D eigenvalue weighted by Crippen LogP contribution is -2.20. The summed E-state index contributed by atoms with van der Waals surface area (Å²) in [5.74, 6) is 0.734. The first-order valence-corrected chi connectivity index (χ1v) is 3.89. The molecule has 0 heterocycles. The first kappa shape index (κ1) is 7.45. The van der Waals surface area contributed by atoms with Crippen LogP contribution >= 0.6 is 0 Å².